The van der Waals surface area contributed by atoms with Gasteiger partial charge in [0, 0.05) is 5.69 Å². The molecule has 3 aromatic rings. The molecule has 3 heterocycles. The highest BCUT2D eigenvalue weighted by atomic mass is 15.4. The van der Waals surface area contributed by atoms with Crippen LogP contribution in [0.1, 0.15) is 24.2 Å². The number of hydrogen-bond donors (Lipinski definition) is 1. The van der Waals surface area contributed by atoms with Crippen molar-refractivity contribution in [1.29, 1.82) is 0 Å². The number of fused-ring (bicyclic) bond motifs is 1. The molecule has 0 atom stereocenters. The summed E-state index contributed by atoms with van der Waals surface area (Å²) in [6, 6.07) is 10.0. The number of anilines is 2. The van der Waals surface area contributed by atoms with Gasteiger partial charge in [-0.15, -0.1) is 5.10 Å². The van der Waals surface area contributed by atoms with Gasteiger partial charge in [-0.05, 0) is 49.6 Å². The van der Waals surface area contributed by atoms with E-state index in [0.29, 0.717) is 5.95 Å². The van der Waals surface area contributed by atoms with Gasteiger partial charge in [0.25, 0.3) is 0 Å². The molecule has 0 fully saturated rings. The van der Waals surface area contributed by atoms with Gasteiger partial charge < -0.3 is 5.32 Å². The van der Waals surface area contributed by atoms with Crippen molar-refractivity contribution in [2.75, 3.05) is 5.32 Å². The predicted octanol–water partition coefficient (Wildman–Crippen LogP) is 3.91. The van der Waals surface area contributed by atoms with Crippen LogP contribution in [0.4, 0.5) is 11.6 Å². The van der Waals surface area contributed by atoms with Crippen molar-refractivity contribution >= 4 is 22.9 Å². The molecule has 0 bridgehead atoms. The van der Waals surface area contributed by atoms with Gasteiger partial charge in [0.1, 0.15) is 0 Å². The lowest BCUT2D eigenvalue weighted by atomic mass is 10.0. The fraction of sp³-hybridized carbons (Fsp3) is 0.167. The Hall–Kier alpha value is -2.95. The first-order valence-corrected chi connectivity index (χ1v) is 7.71. The van der Waals surface area contributed by atoms with E-state index in [0.717, 1.165) is 35.6 Å². The van der Waals surface area contributed by atoms with Gasteiger partial charge in [-0.1, -0.05) is 24.3 Å². The normalized spacial score (nSPS) is 14.0. The van der Waals surface area contributed by atoms with E-state index in [1.807, 2.05) is 35.7 Å². The van der Waals surface area contributed by atoms with Gasteiger partial charge in [0.15, 0.2) is 5.65 Å². The van der Waals surface area contributed by atoms with Crippen molar-refractivity contribution in [1.82, 2.24) is 19.6 Å². The van der Waals surface area contributed by atoms with Gasteiger partial charge in [0.05, 0.1) is 17.6 Å². The lowest BCUT2D eigenvalue weighted by Gasteiger charge is -2.10. The summed E-state index contributed by atoms with van der Waals surface area (Å²) in [6.45, 7) is 1.96. The number of rotatable bonds is 3. The smallest absolute Gasteiger partial charge is 0.247 e. The topological polar surface area (TPSA) is 55.1 Å². The molecule has 5 nitrogen and oxygen atoms in total. The summed E-state index contributed by atoms with van der Waals surface area (Å²) in [5, 5.41) is 7.82. The fourth-order valence-electron chi connectivity index (χ4n) is 2.69. The summed E-state index contributed by atoms with van der Waals surface area (Å²) in [6.07, 6.45) is 10.3. The van der Waals surface area contributed by atoms with Crippen LogP contribution in [-0.2, 0) is 0 Å². The van der Waals surface area contributed by atoms with E-state index in [1.54, 1.807) is 6.20 Å². The van der Waals surface area contributed by atoms with Crippen LogP contribution in [0.15, 0.2) is 54.8 Å². The Balaban J connectivity index is 1.71. The molecule has 0 spiro atoms. The van der Waals surface area contributed by atoms with E-state index < -0.39 is 0 Å². The number of hydrogen-bond acceptors (Lipinski definition) is 4. The first-order chi connectivity index (χ1) is 11.3. The molecule has 0 unspecified atom stereocenters. The maximum absolute atomic E-state index is 4.61. The maximum atomic E-state index is 4.61. The van der Waals surface area contributed by atoms with Crippen molar-refractivity contribution in [3.05, 3.63) is 66.1 Å². The van der Waals surface area contributed by atoms with Crippen LogP contribution in [-0.4, -0.2) is 19.6 Å². The summed E-state index contributed by atoms with van der Waals surface area (Å²) in [4.78, 5) is 8.83. The zero-order valence-corrected chi connectivity index (χ0v) is 12.9. The summed E-state index contributed by atoms with van der Waals surface area (Å²) in [7, 11) is 0. The molecule has 0 amide bonds. The molecular formula is C18H17N5. The van der Waals surface area contributed by atoms with Gasteiger partial charge in [0.2, 0.25) is 5.95 Å². The quantitative estimate of drug-likeness (QED) is 0.797. The highest BCUT2D eigenvalue weighted by Crippen LogP contribution is 2.24. The van der Waals surface area contributed by atoms with Crippen LogP contribution in [0.25, 0.3) is 11.2 Å². The number of aryl methyl sites for hydroxylation is 1. The van der Waals surface area contributed by atoms with E-state index in [4.69, 9.17) is 0 Å². The van der Waals surface area contributed by atoms with Crippen LogP contribution in [0, 0.1) is 6.92 Å². The number of pyridine rings is 2. The molecule has 1 aliphatic rings. The minimum Gasteiger partial charge on any atom is -0.321 e. The molecule has 0 aliphatic heterocycles. The van der Waals surface area contributed by atoms with Crippen molar-refractivity contribution < 1.29 is 0 Å². The molecule has 0 radical (unpaired) electrons. The molecule has 23 heavy (non-hydrogen) atoms. The minimum atomic E-state index is 0.579. The average Bonchev–Trinajstić information content (AvgIpc) is 3.00. The van der Waals surface area contributed by atoms with Crippen LogP contribution in [0.5, 0.6) is 0 Å². The Kier molecular flexibility index (Phi) is 3.38. The molecule has 4 rings (SSSR count). The van der Waals surface area contributed by atoms with E-state index >= 15 is 0 Å². The monoisotopic (exact) mass is 303 g/mol. The summed E-state index contributed by atoms with van der Waals surface area (Å²) < 4.78 is 1.90. The lowest BCUT2D eigenvalue weighted by molar-refractivity contribution is 0.923. The predicted molar refractivity (Wildman–Crippen MR) is 91.6 cm³/mol. The van der Waals surface area contributed by atoms with Crippen LogP contribution < -0.4 is 5.32 Å². The van der Waals surface area contributed by atoms with E-state index in [9.17, 15) is 0 Å². The van der Waals surface area contributed by atoms with Gasteiger partial charge in [-0.25, -0.2) is 4.52 Å². The number of nitrogens with zero attached hydrogens (tertiary/aromatic N) is 4. The largest absolute Gasteiger partial charge is 0.321 e. The molecule has 114 valence electrons. The van der Waals surface area contributed by atoms with Crippen molar-refractivity contribution in [2.45, 2.75) is 19.8 Å². The molecule has 0 saturated carbocycles. The van der Waals surface area contributed by atoms with E-state index in [-0.39, 0.29) is 0 Å². The third-order valence-electron chi connectivity index (χ3n) is 3.87. The number of allylic oxidation sites excluding steroid dienone is 4. The van der Waals surface area contributed by atoms with Crippen LogP contribution in [0.3, 0.4) is 0 Å². The fourth-order valence-corrected chi connectivity index (χ4v) is 2.69. The number of aromatic nitrogens is 4. The first kappa shape index (κ1) is 13.7. The van der Waals surface area contributed by atoms with Crippen molar-refractivity contribution in [3.8, 4) is 0 Å². The Morgan fingerprint density at radius 1 is 1.17 bits per heavy atom. The second kappa shape index (κ2) is 5.68. The Morgan fingerprint density at radius 2 is 2.13 bits per heavy atom. The Bertz CT molecular complexity index is 903. The molecule has 1 aliphatic carbocycles. The molecular weight excluding hydrogens is 286 g/mol. The highest BCUT2D eigenvalue weighted by molar-refractivity contribution is 5.68. The van der Waals surface area contributed by atoms with Gasteiger partial charge in [-0.2, -0.15) is 4.98 Å². The van der Waals surface area contributed by atoms with E-state index in [1.165, 1.54) is 5.57 Å². The van der Waals surface area contributed by atoms with Gasteiger partial charge >= 0.3 is 0 Å². The third kappa shape index (κ3) is 2.73. The average molecular weight is 303 g/mol. The maximum Gasteiger partial charge on any atom is 0.247 e. The van der Waals surface area contributed by atoms with Crippen molar-refractivity contribution in [3.63, 3.8) is 0 Å². The Labute approximate surface area is 134 Å². The molecule has 0 saturated heterocycles. The zero-order valence-electron chi connectivity index (χ0n) is 12.9. The third-order valence-corrected chi connectivity index (χ3v) is 3.87. The van der Waals surface area contributed by atoms with E-state index in [2.05, 4.69) is 44.7 Å². The molecule has 0 aromatic carbocycles. The van der Waals surface area contributed by atoms with Crippen molar-refractivity contribution in [2.24, 2.45) is 0 Å². The van der Waals surface area contributed by atoms with Crippen LogP contribution in [0.2, 0.25) is 0 Å². The molecule has 3 aromatic heterocycles. The molecule has 1 N–H and O–H groups in total. The summed E-state index contributed by atoms with van der Waals surface area (Å²) >= 11 is 0. The summed E-state index contributed by atoms with van der Waals surface area (Å²) in [5.74, 6) is 0.579. The van der Waals surface area contributed by atoms with Gasteiger partial charge in [-0.3, -0.25) is 4.98 Å². The zero-order chi connectivity index (χ0) is 15.6. The Morgan fingerprint density at radius 3 is 2.91 bits per heavy atom. The lowest BCUT2D eigenvalue weighted by Crippen LogP contribution is -2.00. The second-order valence-electron chi connectivity index (χ2n) is 5.59. The second-order valence-corrected chi connectivity index (χ2v) is 5.59. The standard InChI is InChI=1S/C18H17N5/c1-13-10-11-15(12-19-13)20-18-21-17-9-5-8-16(23(17)22-18)14-6-3-2-4-7-14/h2-3,5-6,8-12H,4,7H2,1H3,(H,20,22). The highest BCUT2D eigenvalue weighted by Gasteiger charge is 2.11. The molecule has 5 heteroatoms. The first-order valence-electron chi connectivity index (χ1n) is 7.71. The van der Waals surface area contributed by atoms with Crippen LogP contribution >= 0.6 is 0 Å². The minimum absolute atomic E-state index is 0.579. The SMILES string of the molecule is Cc1ccc(Nc2nc3cccc(C4=CC=CCC4)n3n2)cn1. The number of nitrogens with one attached hydrogen (secondary N) is 1. The summed E-state index contributed by atoms with van der Waals surface area (Å²) in [5.41, 5.74) is 5.08.